The Morgan fingerprint density at radius 3 is 2.39 bits per heavy atom. The molecular formula is C24H27N5O4. The van der Waals surface area contributed by atoms with Gasteiger partial charge in [-0.3, -0.25) is 9.88 Å². The van der Waals surface area contributed by atoms with Crippen LogP contribution >= 0.6 is 0 Å². The maximum atomic E-state index is 5.91. The first kappa shape index (κ1) is 22.6. The quantitative estimate of drug-likeness (QED) is 0.410. The van der Waals surface area contributed by atoms with Crippen molar-refractivity contribution in [3.05, 3.63) is 67.4 Å². The molecule has 172 valence electrons. The van der Waals surface area contributed by atoms with E-state index >= 15 is 0 Å². The maximum Gasteiger partial charge on any atom is 0.326 e. The summed E-state index contributed by atoms with van der Waals surface area (Å²) in [6, 6.07) is 10.6. The number of pyridine rings is 1. The van der Waals surface area contributed by atoms with Crippen molar-refractivity contribution in [2.24, 2.45) is 0 Å². The fourth-order valence-electron chi connectivity index (χ4n) is 3.51. The first-order chi connectivity index (χ1) is 16.2. The molecule has 1 aliphatic rings. The predicted molar refractivity (Wildman–Crippen MR) is 123 cm³/mol. The van der Waals surface area contributed by atoms with Gasteiger partial charge in [0, 0.05) is 31.2 Å². The molecule has 1 unspecified atom stereocenters. The second-order valence-electron chi connectivity index (χ2n) is 7.41. The normalized spacial score (nSPS) is 16.3. The molecule has 0 radical (unpaired) electrons. The van der Waals surface area contributed by atoms with Crippen molar-refractivity contribution in [3.63, 3.8) is 0 Å². The molecule has 0 saturated carbocycles. The second kappa shape index (κ2) is 11.3. The average Bonchev–Trinajstić information content (AvgIpc) is 2.85. The zero-order chi connectivity index (χ0) is 22.9. The first-order valence-corrected chi connectivity index (χ1v) is 10.8. The second-order valence-corrected chi connectivity index (χ2v) is 7.41. The lowest BCUT2D eigenvalue weighted by Gasteiger charge is -2.32. The number of para-hydroxylation sites is 1. The van der Waals surface area contributed by atoms with Gasteiger partial charge in [-0.25, -0.2) is 0 Å². The van der Waals surface area contributed by atoms with E-state index in [1.807, 2.05) is 24.4 Å². The van der Waals surface area contributed by atoms with Crippen molar-refractivity contribution in [2.45, 2.75) is 12.6 Å². The number of hydrogen-bond acceptors (Lipinski definition) is 9. The van der Waals surface area contributed by atoms with Gasteiger partial charge >= 0.3 is 18.0 Å². The van der Waals surface area contributed by atoms with Crippen LogP contribution in [-0.2, 0) is 11.3 Å². The molecule has 9 nitrogen and oxygen atoms in total. The molecular weight excluding hydrogens is 422 g/mol. The minimum Gasteiger partial charge on any atom is -0.460 e. The summed E-state index contributed by atoms with van der Waals surface area (Å²) in [4.78, 5) is 19.3. The monoisotopic (exact) mass is 449 g/mol. The molecule has 1 aliphatic heterocycles. The van der Waals surface area contributed by atoms with E-state index in [1.165, 1.54) is 10.9 Å². The van der Waals surface area contributed by atoms with Gasteiger partial charge in [0.15, 0.2) is 0 Å². The van der Waals surface area contributed by atoms with E-state index in [0.29, 0.717) is 13.2 Å². The van der Waals surface area contributed by atoms with Crippen molar-refractivity contribution >= 4 is 10.9 Å². The molecule has 0 bridgehead atoms. The van der Waals surface area contributed by atoms with Crippen LogP contribution in [0.3, 0.4) is 0 Å². The number of fused-ring (bicyclic) bond motifs is 1. The first-order valence-electron chi connectivity index (χ1n) is 10.8. The van der Waals surface area contributed by atoms with Gasteiger partial charge in [-0.05, 0) is 17.7 Å². The van der Waals surface area contributed by atoms with E-state index in [-0.39, 0.29) is 37.3 Å². The Kier molecular flexibility index (Phi) is 7.78. The third-order valence-electron chi connectivity index (χ3n) is 4.99. The lowest BCUT2D eigenvalue weighted by molar-refractivity contribution is -0.0517. The third kappa shape index (κ3) is 6.24. The summed E-state index contributed by atoms with van der Waals surface area (Å²) >= 11 is 0. The van der Waals surface area contributed by atoms with Gasteiger partial charge in [0.25, 0.3) is 0 Å². The van der Waals surface area contributed by atoms with E-state index < -0.39 is 0 Å². The molecule has 1 aromatic carbocycles. The average molecular weight is 450 g/mol. The van der Waals surface area contributed by atoms with E-state index in [1.54, 1.807) is 12.2 Å². The molecule has 33 heavy (non-hydrogen) atoms. The summed E-state index contributed by atoms with van der Waals surface area (Å²) in [6.45, 7) is 11.1. The lowest BCUT2D eigenvalue weighted by atomic mass is 10.1. The molecule has 0 amide bonds. The number of ether oxygens (including phenoxy) is 4. The van der Waals surface area contributed by atoms with E-state index in [9.17, 15) is 0 Å². The van der Waals surface area contributed by atoms with Crippen molar-refractivity contribution < 1.29 is 18.9 Å². The zero-order valence-electron chi connectivity index (χ0n) is 18.4. The minimum absolute atomic E-state index is 0.106. The predicted octanol–water partition coefficient (Wildman–Crippen LogP) is 2.83. The SMILES string of the molecule is C=CCOc1nc(OCC=C)nc(OCC2CN(Cc3ccnc4ccccc34)CCO2)n1. The van der Waals surface area contributed by atoms with Crippen LogP contribution in [0.5, 0.6) is 18.0 Å². The molecule has 1 atom stereocenters. The fraction of sp³-hybridized carbons (Fsp3) is 0.333. The van der Waals surface area contributed by atoms with Crippen molar-refractivity contribution in [1.82, 2.24) is 24.8 Å². The van der Waals surface area contributed by atoms with Gasteiger partial charge in [0.05, 0.1) is 12.1 Å². The van der Waals surface area contributed by atoms with Gasteiger partial charge in [0.2, 0.25) is 0 Å². The Morgan fingerprint density at radius 2 is 1.67 bits per heavy atom. The van der Waals surface area contributed by atoms with Crippen LogP contribution in [0.25, 0.3) is 10.9 Å². The number of aromatic nitrogens is 4. The number of nitrogens with zero attached hydrogens (tertiary/aromatic N) is 5. The van der Waals surface area contributed by atoms with Crippen molar-refractivity contribution in [2.75, 3.05) is 39.5 Å². The number of rotatable bonds is 11. The molecule has 3 heterocycles. The van der Waals surface area contributed by atoms with Gasteiger partial charge < -0.3 is 18.9 Å². The van der Waals surface area contributed by atoms with Crippen LogP contribution in [0.15, 0.2) is 61.8 Å². The molecule has 0 aliphatic carbocycles. The van der Waals surface area contributed by atoms with Gasteiger partial charge in [-0.1, -0.05) is 43.5 Å². The van der Waals surface area contributed by atoms with Crippen LogP contribution in [-0.4, -0.2) is 70.5 Å². The molecule has 3 aromatic rings. The van der Waals surface area contributed by atoms with Crippen LogP contribution < -0.4 is 14.2 Å². The number of morpholine rings is 1. The van der Waals surface area contributed by atoms with Gasteiger partial charge in [0.1, 0.15) is 25.9 Å². The summed E-state index contributed by atoms with van der Waals surface area (Å²) in [6.07, 6.45) is 4.94. The Balaban J connectivity index is 1.38. The smallest absolute Gasteiger partial charge is 0.326 e. The zero-order valence-corrected chi connectivity index (χ0v) is 18.4. The Bertz CT molecular complexity index is 1060. The molecule has 0 N–H and O–H groups in total. The molecule has 0 spiro atoms. The maximum absolute atomic E-state index is 5.91. The highest BCUT2D eigenvalue weighted by Gasteiger charge is 2.22. The molecule has 1 fully saturated rings. The highest BCUT2D eigenvalue weighted by molar-refractivity contribution is 5.81. The highest BCUT2D eigenvalue weighted by atomic mass is 16.6. The van der Waals surface area contributed by atoms with Crippen molar-refractivity contribution in [3.8, 4) is 18.0 Å². The molecule has 9 heteroatoms. The van der Waals surface area contributed by atoms with Gasteiger partial charge in [-0.2, -0.15) is 0 Å². The van der Waals surface area contributed by atoms with E-state index in [2.05, 4.69) is 50.1 Å². The third-order valence-corrected chi connectivity index (χ3v) is 4.99. The minimum atomic E-state index is -0.126. The summed E-state index contributed by atoms with van der Waals surface area (Å²) in [5.41, 5.74) is 2.24. The summed E-state index contributed by atoms with van der Waals surface area (Å²) in [5, 5.41) is 1.17. The Morgan fingerprint density at radius 1 is 0.970 bits per heavy atom. The van der Waals surface area contributed by atoms with Crippen LogP contribution in [0.1, 0.15) is 5.56 Å². The van der Waals surface area contributed by atoms with Crippen LogP contribution in [0.2, 0.25) is 0 Å². The van der Waals surface area contributed by atoms with Crippen molar-refractivity contribution in [1.29, 1.82) is 0 Å². The molecule has 4 rings (SSSR count). The molecule has 1 saturated heterocycles. The Hall–Kier alpha value is -3.56. The number of benzene rings is 1. The molecule has 2 aromatic heterocycles. The summed E-state index contributed by atoms with van der Waals surface area (Å²) < 4.78 is 22.6. The van der Waals surface area contributed by atoms with E-state index in [0.717, 1.165) is 25.2 Å². The van der Waals surface area contributed by atoms with Crippen LogP contribution in [0, 0.1) is 0 Å². The van der Waals surface area contributed by atoms with E-state index in [4.69, 9.17) is 18.9 Å². The lowest BCUT2D eigenvalue weighted by Crippen LogP contribution is -2.44. The number of hydrogen-bond donors (Lipinski definition) is 0. The Labute approximate surface area is 192 Å². The topological polar surface area (TPSA) is 91.7 Å². The summed E-state index contributed by atoms with van der Waals surface area (Å²) in [5.74, 6) is 0. The summed E-state index contributed by atoms with van der Waals surface area (Å²) in [7, 11) is 0. The largest absolute Gasteiger partial charge is 0.460 e. The van der Waals surface area contributed by atoms with Crippen LogP contribution in [0.4, 0.5) is 0 Å². The van der Waals surface area contributed by atoms with Gasteiger partial charge in [-0.15, -0.1) is 15.0 Å². The standard InChI is InChI=1S/C24H27N5O4/c1-3-12-31-22-26-23(32-13-4-2)28-24(27-22)33-17-19-16-29(11-14-30-19)15-18-9-10-25-21-8-6-5-7-20(18)21/h3-10,19H,1-2,11-17H2. The highest BCUT2D eigenvalue weighted by Crippen LogP contribution is 2.20. The fourth-order valence-corrected chi connectivity index (χ4v) is 3.51.